The smallest absolute Gasteiger partial charge is 0.137 e. The van der Waals surface area contributed by atoms with Crippen molar-refractivity contribution in [3.63, 3.8) is 0 Å². The Morgan fingerprint density at radius 1 is 1.23 bits per heavy atom. The van der Waals surface area contributed by atoms with E-state index in [1.54, 1.807) is 11.0 Å². The lowest BCUT2D eigenvalue weighted by molar-refractivity contribution is 0.496. The summed E-state index contributed by atoms with van der Waals surface area (Å²) in [4.78, 5) is 3.99. The number of hydrogen-bond donors (Lipinski definition) is 0. The van der Waals surface area contributed by atoms with E-state index >= 15 is 0 Å². The summed E-state index contributed by atoms with van der Waals surface area (Å²) in [6.45, 7) is 0.588. The Morgan fingerprint density at radius 3 is 2.59 bits per heavy atom. The van der Waals surface area contributed by atoms with Crippen molar-refractivity contribution in [1.29, 1.82) is 0 Å². The van der Waals surface area contributed by atoms with Gasteiger partial charge in [-0.25, -0.2) is 4.98 Å². The van der Waals surface area contributed by atoms with Crippen molar-refractivity contribution in [3.8, 4) is 0 Å². The lowest BCUT2D eigenvalue weighted by atomic mass is 10.0. The van der Waals surface area contributed by atoms with Gasteiger partial charge in [0, 0.05) is 21.1 Å². The van der Waals surface area contributed by atoms with Gasteiger partial charge in [-0.3, -0.25) is 8.89 Å². The minimum absolute atomic E-state index is 0.0675. The zero-order chi connectivity index (χ0) is 15.4. The van der Waals surface area contributed by atoms with Crippen molar-refractivity contribution in [2.24, 2.45) is 0 Å². The Hall–Kier alpha value is -1.20. The SMILES string of the molecule is O=S(C1CCCCC1)C(Cn1cncn1)c1ccc(Cl)cc1. The van der Waals surface area contributed by atoms with Gasteiger partial charge in [-0.15, -0.1) is 0 Å². The van der Waals surface area contributed by atoms with Crippen LogP contribution in [0.4, 0.5) is 0 Å². The predicted octanol–water partition coefficient (Wildman–Crippen LogP) is 3.75. The molecule has 2 aromatic rings. The highest BCUT2D eigenvalue weighted by Gasteiger charge is 2.28. The van der Waals surface area contributed by atoms with Crippen molar-refractivity contribution >= 4 is 22.4 Å². The van der Waals surface area contributed by atoms with Crippen LogP contribution in [0.25, 0.3) is 0 Å². The van der Waals surface area contributed by atoms with Crippen LogP contribution < -0.4 is 0 Å². The van der Waals surface area contributed by atoms with Gasteiger partial charge in [0.1, 0.15) is 12.7 Å². The number of benzene rings is 1. The summed E-state index contributed by atoms with van der Waals surface area (Å²) < 4.78 is 14.9. The predicted molar refractivity (Wildman–Crippen MR) is 89.2 cm³/mol. The molecule has 4 nitrogen and oxygen atoms in total. The summed E-state index contributed by atoms with van der Waals surface area (Å²) in [5.74, 6) is 0. The largest absolute Gasteiger partial charge is 0.259 e. The van der Waals surface area contributed by atoms with Gasteiger partial charge >= 0.3 is 0 Å². The van der Waals surface area contributed by atoms with Gasteiger partial charge in [-0.2, -0.15) is 5.10 Å². The molecule has 2 atom stereocenters. The van der Waals surface area contributed by atoms with Crippen LogP contribution in [-0.4, -0.2) is 24.2 Å². The van der Waals surface area contributed by atoms with E-state index in [1.807, 2.05) is 24.3 Å². The lowest BCUT2D eigenvalue weighted by Gasteiger charge is -2.26. The third-order valence-corrected chi connectivity index (χ3v) is 6.58. The molecule has 0 N–H and O–H groups in total. The van der Waals surface area contributed by atoms with Crippen LogP contribution in [0, 0.1) is 0 Å². The van der Waals surface area contributed by atoms with Crippen molar-refractivity contribution < 1.29 is 4.21 Å². The van der Waals surface area contributed by atoms with Crippen LogP contribution in [0.5, 0.6) is 0 Å². The summed E-state index contributed by atoms with van der Waals surface area (Å²) in [5.41, 5.74) is 1.06. The first-order valence-corrected chi connectivity index (χ1v) is 9.36. The number of halogens is 1. The minimum atomic E-state index is -0.918. The monoisotopic (exact) mass is 337 g/mol. The molecule has 0 radical (unpaired) electrons. The summed E-state index contributed by atoms with van der Waals surface area (Å²) in [7, 11) is -0.918. The molecule has 1 aliphatic rings. The molecule has 1 aliphatic carbocycles. The molecule has 6 heteroatoms. The first kappa shape index (κ1) is 15.7. The summed E-state index contributed by atoms with van der Waals surface area (Å²) >= 11 is 5.98. The lowest BCUT2D eigenvalue weighted by Crippen LogP contribution is -2.26. The van der Waals surface area contributed by atoms with Crippen molar-refractivity contribution in [3.05, 3.63) is 47.5 Å². The fourth-order valence-electron chi connectivity index (χ4n) is 3.02. The highest BCUT2D eigenvalue weighted by atomic mass is 35.5. The Kier molecular flexibility index (Phi) is 5.26. The van der Waals surface area contributed by atoms with Crippen LogP contribution in [-0.2, 0) is 17.3 Å². The molecular weight excluding hydrogens is 318 g/mol. The van der Waals surface area contributed by atoms with Gasteiger partial charge in [-0.05, 0) is 30.5 Å². The molecule has 2 unspecified atom stereocenters. The Morgan fingerprint density at radius 2 is 1.95 bits per heavy atom. The Bertz CT molecular complexity index is 609. The van der Waals surface area contributed by atoms with Crippen molar-refractivity contribution in [1.82, 2.24) is 14.8 Å². The number of hydrogen-bond acceptors (Lipinski definition) is 3. The van der Waals surface area contributed by atoms with Crippen molar-refractivity contribution in [2.45, 2.75) is 49.1 Å². The van der Waals surface area contributed by atoms with Gasteiger partial charge in [0.05, 0.1) is 11.8 Å². The normalized spacial score (nSPS) is 19.0. The van der Waals surface area contributed by atoms with E-state index in [-0.39, 0.29) is 10.5 Å². The van der Waals surface area contributed by atoms with Gasteiger partial charge < -0.3 is 0 Å². The van der Waals surface area contributed by atoms with E-state index in [1.165, 1.54) is 25.6 Å². The zero-order valence-corrected chi connectivity index (χ0v) is 14.0. The molecule has 1 aromatic carbocycles. The molecule has 1 saturated carbocycles. The average molecular weight is 338 g/mol. The van der Waals surface area contributed by atoms with Crippen LogP contribution >= 0.6 is 11.6 Å². The number of nitrogens with zero attached hydrogens (tertiary/aromatic N) is 3. The highest BCUT2D eigenvalue weighted by Crippen LogP contribution is 2.31. The second-order valence-corrected chi connectivity index (χ2v) is 8.08. The number of aromatic nitrogens is 3. The van der Waals surface area contributed by atoms with Crippen molar-refractivity contribution in [2.75, 3.05) is 0 Å². The Labute approximate surface area is 138 Å². The topological polar surface area (TPSA) is 47.8 Å². The zero-order valence-electron chi connectivity index (χ0n) is 12.4. The third kappa shape index (κ3) is 3.76. The van der Waals surface area contributed by atoms with Crippen LogP contribution in [0.3, 0.4) is 0 Å². The van der Waals surface area contributed by atoms with E-state index in [4.69, 9.17) is 11.6 Å². The molecule has 0 spiro atoms. The van der Waals surface area contributed by atoms with E-state index < -0.39 is 10.8 Å². The maximum Gasteiger partial charge on any atom is 0.137 e. The van der Waals surface area contributed by atoms with Gasteiger partial charge in [-0.1, -0.05) is 43.0 Å². The van der Waals surface area contributed by atoms with Gasteiger partial charge in [0.2, 0.25) is 0 Å². The van der Waals surface area contributed by atoms with Crippen LogP contribution in [0.1, 0.15) is 42.9 Å². The molecule has 3 rings (SSSR count). The van der Waals surface area contributed by atoms with Crippen LogP contribution in [0.15, 0.2) is 36.9 Å². The Balaban J connectivity index is 1.84. The summed E-state index contributed by atoms with van der Waals surface area (Å²) in [6.07, 6.45) is 8.97. The fourth-order valence-corrected chi connectivity index (χ4v) is 5.13. The van der Waals surface area contributed by atoms with E-state index in [9.17, 15) is 4.21 Å². The fraction of sp³-hybridized carbons (Fsp3) is 0.500. The summed E-state index contributed by atoms with van der Waals surface area (Å²) in [6, 6.07) is 7.68. The van der Waals surface area contributed by atoms with Gasteiger partial charge in [0.25, 0.3) is 0 Å². The number of rotatable bonds is 5. The summed E-state index contributed by atoms with van der Waals surface area (Å²) in [5, 5.41) is 5.09. The molecule has 0 amide bonds. The van der Waals surface area contributed by atoms with E-state index in [0.29, 0.717) is 11.6 Å². The quantitative estimate of drug-likeness (QED) is 0.834. The minimum Gasteiger partial charge on any atom is -0.259 e. The standard InChI is InChI=1S/C16H20ClN3OS/c17-14-8-6-13(7-9-14)16(10-20-12-18-11-19-20)22(21)15-4-2-1-3-5-15/h6-9,11-12,15-16H,1-5,10H2. The first-order valence-electron chi connectivity index (χ1n) is 7.71. The molecular formula is C16H20ClN3OS. The van der Waals surface area contributed by atoms with Gasteiger partial charge in [0.15, 0.2) is 0 Å². The third-order valence-electron chi connectivity index (χ3n) is 4.22. The molecule has 0 bridgehead atoms. The molecule has 1 heterocycles. The highest BCUT2D eigenvalue weighted by molar-refractivity contribution is 7.85. The van der Waals surface area contributed by atoms with Crippen LogP contribution in [0.2, 0.25) is 5.02 Å². The van der Waals surface area contributed by atoms with E-state index in [2.05, 4.69) is 10.1 Å². The molecule has 1 aromatic heterocycles. The second-order valence-electron chi connectivity index (χ2n) is 5.75. The maximum atomic E-state index is 13.1. The molecule has 22 heavy (non-hydrogen) atoms. The maximum absolute atomic E-state index is 13.1. The second kappa shape index (κ2) is 7.38. The molecule has 118 valence electrons. The molecule has 1 fully saturated rings. The average Bonchev–Trinajstić information content (AvgIpc) is 3.07. The molecule has 0 aliphatic heterocycles. The van der Waals surface area contributed by atoms with E-state index in [0.717, 1.165) is 18.4 Å². The first-order chi connectivity index (χ1) is 10.7. The molecule has 0 saturated heterocycles.